The molecular formula is C11H9NO7. The number of ether oxygens (including phenoxy) is 3. The van der Waals surface area contributed by atoms with E-state index < -0.39 is 23.2 Å². The maximum Gasteiger partial charge on any atom is 0.338 e. The molecule has 0 bridgehead atoms. The molecule has 1 aliphatic heterocycles. The molecule has 0 saturated carbocycles. The molecule has 1 fully saturated rings. The van der Waals surface area contributed by atoms with Crippen LogP contribution in [0.1, 0.15) is 10.4 Å². The molecule has 8 heteroatoms. The summed E-state index contributed by atoms with van der Waals surface area (Å²) >= 11 is 0. The predicted molar refractivity (Wildman–Crippen MR) is 59.2 cm³/mol. The summed E-state index contributed by atoms with van der Waals surface area (Å²) in [5, 5.41) is 10.4. The number of carbonyl (C=O) groups is 2. The monoisotopic (exact) mass is 267 g/mol. The normalized spacial score (nSPS) is 17.9. The van der Waals surface area contributed by atoms with Crippen LogP contribution in [0, 0.1) is 10.1 Å². The van der Waals surface area contributed by atoms with Gasteiger partial charge in [-0.2, -0.15) is 0 Å². The third-order valence-electron chi connectivity index (χ3n) is 2.31. The Morgan fingerprint density at radius 1 is 1.42 bits per heavy atom. The van der Waals surface area contributed by atoms with E-state index in [-0.39, 0.29) is 24.5 Å². The fourth-order valence-electron chi connectivity index (χ4n) is 1.40. The van der Waals surface area contributed by atoms with E-state index in [4.69, 9.17) is 9.47 Å². The topological polar surface area (TPSA) is 105 Å². The molecule has 0 aliphatic carbocycles. The number of non-ortho nitro benzene ring substituents is 1. The lowest BCUT2D eigenvalue weighted by Gasteiger charge is -2.09. The van der Waals surface area contributed by atoms with E-state index in [0.29, 0.717) is 0 Å². The third kappa shape index (κ3) is 3.26. The van der Waals surface area contributed by atoms with E-state index in [1.165, 1.54) is 24.3 Å². The number of hydrogen-bond acceptors (Lipinski definition) is 7. The maximum absolute atomic E-state index is 11.6. The lowest BCUT2D eigenvalue weighted by atomic mass is 10.2. The fourth-order valence-corrected chi connectivity index (χ4v) is 1.40. The summed E-state index contributed by atoms with van der Waals surface area (Å²) in [6.45, 7) is -0.388. The third-order valence-corrected chi connectivity index (χ3v) is 2.31. The van der Waals surface area contributed by atoms with Gasteiger partial charge < -0.3 is 14.2 Å². The van der Waals surface area contributed by atoms with Gasteiger partial charge in [0.2, 0.25) is 6.29 Å². The number of benzene rings is 1. The number of nitro groups is 1. The Bertz CT molecular complexity index is 510. The van der Waals surface area contributed by atoms with E-state index in [1.807, 2.05) is 0 Å². The van der Waals surface area contributed by atoms with Gasteiger partial charge in [-0.1, -0.05) is 0 Å². The first-order chi connectivity index (χ1) is 9.06. The first-order valence-corrected chi connectivity index (χ1v) is 5.29. The zero-order chi connectivity index (χ0) is 13.8. The van der Waals surface area contributed by atoms with Crippen LogP contribution in [0.2, 0.25) is 0 Å². The number of carbonyl (C=O) groups excluding carboxylic acids is 2. The molecule has 0 N–H and O–H groups in total. The Labute approximate surface area is 107 Å². The van der Waals surface area contributed by atoms with Gasteiger partial charge in [-0.05, 0) is 12.1 Å². The van der Waals surface area contributed by atoms with Gasteiger partial charge in [0.25, 0.3) is 5.69 Å². The Hall–Kier alpha value is -2.48. The molecule has 1 unspecified atom stereocenters. The van der Waals surface area contributed by atoms with Gasteiger partial charge in [-0.25, -0.2) is 9.59 Å². The predicted octanol–water partition coefficient (Wildman–Crippen LogP) is 0.651. The van der Waals surface area contributed by atoms with Crippen LogP contribution < -0.4 is 0 Å². The number of nitro benzene ring substituents is 1. The average Bonchev–Trinajstić information content (AvgIpc) is 2.82. The summed E-state index contributed by atoms with van der Waals surface area (Å²) in [6.07, 6.45) is -0.894. The van der Waals surface area contributed by atoms with Crippen LogP contribution in [-0.2, 0) is 19.0 Å². The Morgan fingerprint density at radius 2 is 2.11 bits per heavy atom. The molecule has 1 atom stereocenters. The minimum absolute atomic E-state index is 0.121. The van der Waals surface area contributed by atoms with Crippen molar-refractivity contribution in [3.05, 3.63) is 39.9 Å². The molecule has 19 heavy (non-hydrogen) atoms. The van der Waals surface area contributed by atoms with Crippen LogP contribution in [0.5, 0.6) is 0 Å². The minimum atomic E-state index is -0.894. The van der Waals surface area contributed by atoms with Crippen LogP contribution in [0.15, 0.2) is 24.3 Å². The number of hydrogen-bond donors (Lipinski definition) is 0. The zero-order valence-electron chi connectivity index (χ0n) is 9.61. The van der Waals surface area contributed by atoms with E-state index in [1.54, 1.807) is 0 Å². The van der Waals surface area contributed by atoms with Gasteiger partial charge >= 0.3 is 11.9 Å². The lowest BCUT2D eigenvalue weighted by Crippen LogP contribution is -2.19. The van der Waals surface area contributed by atoms with Crippen molar-refractivity contribution >= 4 is 17.6 Å². The Balaban J connectivity index is 1.89. The van der Waals surface area contributed by atoms with Gasteiger partial charge in [0.1, 0.15) is 6.61 Å². The van der Waals surface area contributed by atoms with Crippen molar-refractivity contribution in [1.29, 1.82) is 0 Å². The largest absolute Gasteiger partial charge is 0.455 e. The van der Waals surface area contributed by atoms with Gasteiger partial charge in [-0.15, -0.1) is 0 Å². The molecule has 8 nitrogen and oxygen atoms in total. The highest BCUT2D eigenvalue weighted by Gasteiger charge is 2.25. The molecular weight excluding hydrogens is 258 g/mol. The number of cyclic esters (lactones) is 1. The molecule has 1 heterocycles. The molecule has 0 aromatic heterocycles. The number of rotatable bonds is 4. The highest BCUT2D eigenvalue weighted by Crippen LogP contribution is 2.13. The minimum Gasteiger partial charge on any atom is -0.455 e. The fraction of sp³-hybridized carbons (Fsp3) is 0.273. The molecule has 100 valence electrons. The quantitative estimate of drug-likeness (QED) is 0.448. The summed E-state index contributed by atoms with van der Waals surface area (Å²) in [5.41, 5.74) is 0.0412. The standard InChI is InChI=1S/C11H9NO7/c13-9-5-17-10(19-9)6-18-11(14)7-1-3-8(4-2-7)12(15)16/h1-4,10H,5-6H2. The number of esters is 2. The zero-order valence-corrected chi connectivity index (χ0v) is 9.61. The van der Waals surface area contributed by atoms with Crippen molar-refractivity contribution in [2.45, 2.75) is 6.29 Å². The van der Waals surface area contributed by atoms with Crippen LogP contribution in [0.4, 0.5) is 5.69 Å². The molecule has 0 amide bonds. The van der Waals surface area contributed by atoms with Crippen molar-refractivity contribution in [3.8, 4) is 0 Å². The first-order valence-electron chi connectivity index (χ1n) is 5.29. The lowest BCUT2D eigenvalue weighted by molar-refractivity contribution is -0.384. The van der Waals surface area contributed by atoms with Crippen molar-refractivity contribution < 1.29 is 28.7 Å². The van der Waals surface area contributed by atoms with Crippen molar-refractivity contribution in [2.24, 2.45) is 0 Å². The molecule has 1 aromatic rings. The van der Waals surface area contributed by atoms with Gasteiger partial charge in [0, 0.05) is 12.1 Å². The van der Waals surface area contributed by atoms with Crippen LogP contribution in [0.25, 0.3) is 0 Å². The molecule has 1 saturated heterocycles. The molecule has 2 rings (SSSR count). The Kier molecular flexibility index (Phi) is 3.71. The van der Waals surface area contributed by atoms with Crippen molar-refractivity contribution in [3.63, 3.8) is 0 Å². The summed E-state index contributed by atoms with van der Waals surface area (Å²) in [5.74, 6) is -1.20. The summed E-state index contributed by atoms with van der Waals surface area (Å²) in [4.78, 5) is 32.2. The summed E-state index contributed by atoms with van der Waals surface area (Å²) in [7, 11) is 0. The summed E-state index contributed by atoms with van der Waals surface area (Å²) < 4.78 is 14.4. The van der Waals surface area contributed by atoms with Crippen LogP contribution in [-0.4, -0.2) is 36.4 Å². The second kappa shape index (κ2) is 5.44. The highest BCUT2D eigenvalue weighted by atomic mass is 16.8. The van der Waals surface area contributed by atoms with Crippen LogP contribution in [0.3, 0.4) is 0 Å². The van der Waals surface area contributed by atoms with Crippen molar-refractivity contribution in [2.75, 3.05) is 13.2 Å². The van der Waals surface area contributed by atoms with E-state index >= 15 is 0 Å². The maximum atomic E-state index is 11.6. The second-order valence-electron chi connectivity index (χ2n) is 3.63. The molecule has 1 aliphatic rings. The van der Waals surface area contributed by atoms with Crippen LogP contribution >= 0.6 is 0 Å². The first kappa shape index (κ1) is 13.0. The van der Waals surface area contributed by atoms with Gasteiger partial charge in [-0.3, -0.25) is 10.1 Å². The molecule has 0 spiro atoms. The second-order valence-corrected chi connectivity index (χ2v) is 3.63. The van der Waals surface area contributed by atoms with Gasteiger partial charge in [0.05, 0.1) is 10.5 Å². The SMILES string of the molecule is O=C1COC(COC(=O)c2ccc([N+](=O)[O-])cc2)O1. The summed E-state index contributed by atoms with van der Waals surface area (Å²) in [6, 6.07) is 4.95. The van der Waals surface area contributed by atoms with Gasteiger partial charge in [0.15, 0.2) is 6.61 Å². The number of nitrogens with zero attached hydrogens (tertiary/aromatic N) is 1. The highest BCUT2D eigenvalue weighted by molar-refractivity contribution is 5.89. The molecule has 1 aromatic carbocycles. The Morgan fingerprint density at radius 3 is 2.63 bits per heavy atom. The van der Waals surface area contributed by atoms with E-state index in [0.717, 1.165) is 0 Å². The smallest absolute Gasteiger partial charge is 0.338 e. The average molecular weight is 267 g/mol. The van der Waals surface area contributed by atoms with E-state index in [2.05, 4.69) is 4.74 Å². The van der Waals surface area contributed by atoms with Crippen molar-refractivity contribution in [1.82, 2.24) is 0 Å². The molecule has 0 radical (unpaired) electrons. The van der Waals surface area contributed by atoms with E-state index in [9.17, 15) is 19.7 Å².